The van der Waals surface area contributed by atoms with Gasteiger partial charge in [0, 0.05) is 18.7 Å². The van der Waals surface area contributed by atoms with Gasteiger partial charge >= 0.3 is 5.69 Å². The predicted molar refractivity (Wildman–Crippen MR) is 105 cm³/mol. The SMILES string of the molecule is CNC(=O)c1cc2cc(OC(C)C)c([N+](=O)[O-])cc2cc1-c1ccc(F)cc1. The van der Waals surface area contributed by atoms with Crippen molar-refractivity contribution in [3.8, 4) is 16.9 Å². The lowest BCUT2D eigenvalue weighted by Crippen LogP contribution is -2.18. The van der Waals surface area contributed by atoms with Crippen LogP contribution in [0, 0.1) is 15.9 Å². The quantitative estimate of drug-likeness (QED) is 0.512. The van der Waals surface area contributed by atoms with E-state index in [0.717, 1.165) is 0 Å². The third-order valence-electron chi connectivity index (χ3n) is 4.24. The molecule has 3 rings (SSSR count). The summed E-state index contributed by atoms with van der Waals surface area (Å²) in [5.74, 6) is -0.562. The fraction of sp³-hybridized carbons (Fsp3) is 0.190. The number of hydrogen-bond donors (Lipinski definition) is 1. The lowest BCUT2D eigenvalue weighted by atomic mass is 9.94. The molecule has 0 unspecified atom stereocenters. The smallest absolute Gasteiger partial charge is 0.311 e. The Labute approximate surface area is 161 Å². The molecule has 3 aromatic carbocycles. The van der Waals surface area contributed by atoms with E-state index in [1.165, 1.54) is 25.2 Å². The van der Waals surface area contributed by atoms with Crippen molar-refractivity contribution in [2.24, 2.45) is 0 Å². The summed E-state index contributed by atoms with van der Waals surface area (Å²) in [6, 6.07) is 12.1. The number of ether oxygens (including phenoxy) is 1. The van der Waals surface area contributed by atoms with Gasteiger partial charge in [-0.1, -0.05) is 12.1 Å². The first kappa shape index (κ1) is 19.3. The molecule has 144 valence electrons. The third kappa shape index (κ3) is 3.78. The zero-order chi connectivity index (χ0) is 20.4. The van der Waals surface area contributed by atoms with Gasteiger partial charge in [0.25, 0.3) is 5.91 Å². The predicted octanol–water partition coefficient (Wildman–Crippen LogP) is 4.70. The fourth-order valence-electron chi connectivity index (χ4n) is 3.00. The van der Waals surface area contributed by atoms with Crippen molar-refractivity contribution in [3.05, 3.63) is 70.0 Å². The number of fused-ring (bicyclic) bond motifs is 1. The molecular formula is C21H19FN2O4. The molecular weight excluding hydrogens is 363 g/mol. The summed E-state index contributed by atoms with van der Waals surface area (Å²) in [4.78, 5) is 23.4. The largest absolute Gasteiger partial charge is 0.484 e. The van der Waals surface area contributed by atoms with E-state index in [2.05, 4.69) is 5.32 Å². The van der Waals surface area contributed by atoms with E-state index in [9.17, 15) is 19.3 Å². The van der Waals surface area contributed by atoms with Crippen LogP contribution < -0.4 is 10.1 Å². The van der Waals surface area contributed by atoms with Crippen LogP contribution in [-0.2, 0) is 0 Å². The van der Waals surface area contributed by atoms with Crippen molar-refractivity contribution in [1.82, 2.24) is 5.32 Å². The van der Waals surface area contributed by atoms with Gasteiger partial charge < -0.3 is 10.1 Å². The van der Waals surface area contributed by atoms with Crippen LogP contribution in [-0.4, -0.2) is 24.0 Å². The number of amides is 1. The Balaban J connectivity index is 2.29. The van der Waals surface area contributed by atoms with Gasteiger partial charge in [0.2, 0.25) is 0 Å². The van der Waals surface area contributed by atoms with E-state index in [1.807, 2.05) is 0 Å². The highest BCUT2D eigenvalue weighted by Gasteiger charge is 2.20. The van der Waals surface area contributed by atoms with Gasteiger partial charge in [-0.25, -0.2) is 4.39 Å². The minimum Gasteiger partial charge on any atom is -0.484 e. The molecule has 6 nitrogen and oxygen atoms in total. The summed E-state index contributed by atoms with van der Waals surface area (Å²) in [7, 11) is 1.52. The number of nitro benzene ring substituents is 1. The molecule has 0 heterocycles. The Morgan fingerprint density at radius 1 is 1.11 bits per heavy atom. The second-order valence-electron chi connectivity index (χ2n) is 6.57. The first-order valence-corrected chi connectivity index (χ1v) is 8.71. The number of carbonyl (C=O) groups is 1. The normalized spacial score (nSPS) is 10.9. The summed E-state index contributed by atoms with van der Waals surface area (Å²) in [6.07, 6.45) is -0.243. The Morgan fingerprint density at radius 3 is 2.32 bits per heavy atom. The Kier molecular flexibility index (Phi) is 5.26. The second kappa shape index (κ2) is 7.64. The highest BCUT2D eigenvalue weighted by atomic mass is 19.1. The monoisotopic (exact) mass is 382 g/mol. The van der Waals surface area contributed by atoms with E-state index in [0.29, 0.717) is 27.5 Å². The summed E-state index contributed by atoms with van der Waals surface area (Å²) in [5, 5.41) is 15.3. The molecule has 0 aromatic heterocycles. The van der Waals surface area contributed by atoms with Crippen LogP contribution in [0.5, 0.6) is 5.75 Å². The lowest BCUT2D eigenvalue weighted by molar-refractivity contribution is -0.385. The van der Waals surface area contributed by atoms with Gasteiger partial charge in [-0.2, -0.15) is 0 Å². The summed E-state index contributed by atoms with van der Waals surface area (Å²) < 4.78 is 18.9. The van der Waals surface area contributed by atoms with Crippen LogP contribution in [0.1, 0.15) is 24.2 Å². The van der Waals surface area contributed by atoms with Gasteiger partial charge in [-0.15, -0.1) is 0 Å². The molecule has 0 saturated carbocycles. The average Bonchev–Trinajstić information content (AvgIpc) is 2.66. The molecule has 0 saturated heterocycles. The van der Waals surface area contributed by atoms with Crippen molar-refractivity contribution in [2.75, 3.05) is 7.05 Å². The van der Waals surface area contributed by atoms with Crippen molar-refractivity contribution in [1.29, 1.82) is 0 Å². The van der Waals surface area contributed by atoms with E-state index >= 15 is 0 Å². The molecule has 0 aliphatic carbocycles. The maximum absolute atomic E-state index is 13.3. The summed E-state index contributed by atoms with van der Waals surface area (Å²) in [5.41, 5.74) is 1.41. The number of rotatable bonds is 5. The standard InChI is InChI=1S/C21H19FN2O4/c1-12(2)28-20-11-15-9-18(21(25)23-3)17(13-4-6-16(22)7-5-13)8-14(15)10-19(20)24(26)27/h4-12H,1-3H3,(H,23,25). The second-order valence-corrected chi connectivity index (χ2v) is 6.57. The number of halogens is 1. The average molecular weight is 382 g/mol. The fourth-order valence-corrected chi connectivity index (χ4v) is 3.00. The highest BCUT2D eigenvalue weighted by Crippen LogP contribution is 2.36. The molecule has 0 atom stereocenters. The van der Waals surface area contributed by atoms with Gasteiger partial charge in [0.05, 0.1) is 11.0 Å². The highest BCUT2D eigenvalue weighted by molar-refractivity contribution is 6.06. The molecule has 0 bridgehead atoms. The van der Waals surface area contributed by atoms with Gasteiger partial charge in [-0.05, 0) is 66.1 Å². The number of hydrogen-bond acceptors (Lipinski definition) is 4. The van der Waals surface area contributed by atoms with E-state index in [1.54, 1.807) is 44.2 Å². The molecule has 0 spiro atoms. The number of benzene rings is 3. The molecule has 0 aliphatic heterocycles. The van der Waals surface area contributed by atoms with Gasteiger partial charge in [-0.3, -0.25) is 14.9 Å². The molecule has 3 aromatic rings. The number of nitrogens with zero attached hydrogens (tertiary/aromatic N) is 1. The van der Waals surface area contributed by atoms with Gasteiger partial charge in [0.15, 0.2) is 5.75 Å². The van der Waals surface area contributed by atoms with E-state index in [-0.39, 0.29) is 23.4 Å². The molecule has 0 radical (unpaired) electrons. The molecule has 1 N–H and O–H groups in total. The minimum atomic E-state index is -0.499. The Morgan fingerprint density at radius 2 is 1.75 bits per heavy atom. The van der Waals surface area contributed by atoms with E-state index < -0.39 is 10.7 Å². The lowest BCUT2D eigenvalue weighted by Gasteiger charge is -2.14. The maximum Gasteiger partial charge on any atom is 0.311 e. The van der Waals surface area contributed by atoms with E-state index in [4.69, 9.17) is 4.74 Å². The Hall–Kier alpha value is -3.48. The molecule has 0 fully saturated rings. The molecule has 0 aliphatic rings. The van der Waals surface area contributed by atoms with Crippen LogP contribution in [0.4, 0.5) is 10.1 Å². The first-order valence-electron chi connectivity index (χ1n) is 8.71. The van der Waals surface area contributed by atoms with Gasteiger partial charge in [0.1, 0.15) is 5.82 Å². The molecule has 28 heavy (non-hydrogen) atoms. The number of nitro groups is 1. The number of nitrogens with one attached hydrogen (secondary N) is 1. The van der Waals surface area contributed by atoms with Crippen molar-refractivity contribution in [3.63, 3.8) is 0 Å². The van der Waals surface area contributed by atoms with Crippen LogP contribution in [0.3, 0.4) is 0 Å². The minimum absolute atomic E-state index is 0.143. The zero-order valence-corrected chi connectivity index (χ0v) is 15.7. The summed E-state index contributed by atoms with van der Waals surface area (Å²) in [6.45, 7) is 3.56. The summed E-state index contributed by atoms with van der Waals surface area (Å²) >= 11 is 0. The van der Waals surface area contributed by atoms with Crippen LogP contribution >= 0.6 is 0 Å². The van der Waals surface area contributed by atoms with Crippen molar-refractivity contribution < 1.29 is 18.8 Å². The first-order chi connectivity index (χ1) is 13.3. The molecule has 7 heteroatoms. The number of carbonyl (C=O) groups excluding carboxylic acids is 1. The van der Waals surface area contributed by atoms with Crippen LogP contribution in [0.2, 0.25) is 0 Å². The molecule has 1 amide bonds. The van der Waals surface area contributed by atoms with Crippen LogP contribution in [0.25, 0.3) is 21.9 Å². The topological polar surface area (TPSA) is 81.5 Å². The van der Waals surface area contributed by atoms with Crippen LogP contribution in [0.15, 0.2) is 48.5 Å². The van der Waals surface area contributed by atoms with Crippen molar-refractivity contribution >= 4 is 22.4 Å². The van der Waals surface area contributed by atoms with Crippen molar-refractivity contribution in [2.45, 2.75) is 20.0 Å². The zero-order valence-electron chi connectivity index (χ0n) is 15.7. The third-order valence-corrected chi connectivity index (χ3v) is 4.24. The maximum atomic E-state index is 13.3. The Bertz CT molecular complexity index is 1060.